The Balaban J connectivity index is 0.00000225. The highest BCUT2D eigenvalue weighted by atomic mass is 35.5. The molecule has 1 aromatic rings. The average molecular weight is 367 g/mol. The van der Waals surface area contributed by atoms with E-state index in [-0.39, 0.29) is 30.0 Å². The van der Waals surface area contributed by atoms with E-state index in [1.807, 2.05) is 29.2 Å². The van der Waals surface area contributed by atoms with Gasteiger partial charge in [-0.25, -0.2) is 0 Å². The van der Waals surface area contributed by atoms with Gasteiger partial charge in [0.05, 0.1) is 13.7 Å². The molecule has 3 rings (SSSR count). The van der Waals surface area contributed by atoms with Gasteiger partial charge < -0.3 is 15.0 Å². The molecule has 1 aliphatic heterocycles. The number of ether oxygens (including phenoxy) is 1. The predicted molar refractivity (Wildman–Crippen MR) is 99.5 cm³/mol. The molecule has 0 bridgehead atoms. The van der Waals surface area contributed by atoms with Gasteiger partial charge in [0.1, 0.15) is 5.75 Å². The number of carbonyl (C=O) groups is 2. The van der Waals surface area contributed by atoms with Crippen LogP contribution in [0.1, 0.15) is 36.0 Å². The normalized spacial score (nSPS) is 17.7. The van der Waals surface area contributed by atoms with Gasteiger partial charge in [0, 0.05) is 24.6 Å². The zero-order valence-corrected chi connectivity index (χ0v) is 15.5. The molecule has 1 aromatic carbocycles. The number of methoxy groups -OCH3 is 1. The van der Waals surface area contributed by atoms with E-state index in [1.54, 1.807) is 7.11 Å². The molecule has 0 spiro atoms. The van der Waals surface area contributed by atoms with Crippen LogP contribution < -0.4 is 10.1 Å². The van der Waals surface area contributed by atoms with Crippen molar-refractivity contribution >= 4 is 24.1 Å². The highest BCUT2D eigenvalue weighted by Crippen LogP contribution is 2.27. The number of amides is 1. The average Bonchev–Trinajstić information content (AvgIpc) is 3.45. The second kappa shape index (κ2) is 9.20. The number of piperidine rings is 1. The summed E-state index contributed by atoms with van der Waals surface area (Å²) in [6, 6.07) is 7.27. The Morgan fingerprint density at radius 3 is 2.32 bits per heavy atom. The van der Waals surface area contributed by atoms with E-state index < -0.39 is 0 Å². The largest absolute Gasteiger partial charge is 0.497 e. The van der Waals surface area contributed by atoms with E-state index in [1.165, 1.54) is 12.8 Å². The van der Waals surface area contributed by atoms with Crippen LogP contribution in [0.15, 0.2) is 24.3 Å². The highest BCUT2D eigenvalue weighted by Gasteiger charge is 2.28. The van der Waals surface area contributed by atoms with E-state index in [4.69, 9.17) is 4.74 Å². The summed E-state index contributed by atoms with van der Waals surface area (Å²) in [5.74, 6) is 1.89. The van der Waals surface area contributed by atoms with Crippen molar-refractivity contribution < 1.29 is 14.3 Å². The Kier molecular flexibility index (Phi) is 7.26. The van der Waals surface area contributed by atoms with E-state index >= 15 is 0 Å². The van der Waals surface area contributed by atoms with E-state index in [9.17, 15) is 9.59 Å². The molecule has 1 saturated carbocycles. The molecule has 0 unspecified atom stereocenters. The number of ketones is 1. The Labute approximate surface area is 155 Å². The molecule has 6 heteroatoms. The van der Waals surface area contributed by atoms with Gasteiger partial charge in [0.2, 0.25) is 5.91 Å². The summed E-state index contributed by atoms with van der Waals surface area (Å²) in [6.07, 6.45) is 4.08. The number of nitrogens with zero attached hydrogens (tertiary/aromatic N) is 1. The van der Waals surface area contributed by atoms with Gasteiger partial charge in [0.25, 0.3) is 0 Å². The molecule has 2 fully saturated rings. The van der Waals surface area contributed by atoms with Crippen molar-refractivity contribution in [2.45, 2.75) is 25.7 Å². The summed E-state index contributed by atoms with van der Waals surface area (Å²) in [6.45, 7) is 2.73. The van der Waals surface area contributed by atoms with Crippen LogP contribution in [0.2, 0.25) is 0 Å². The Bertz CT molecular complexity index is 579. The maximum Gasteiger partial charge on any atom is 0.236 e. The van der Waals surface area contributed by atoms with Gasteiger partial charge in [-0.1, -0.05) is 0 Å². The van der Waals surface area contributed by atoms with Gasteiger partial charge in [-0.2, -0.15) is 0 Å². The van der Waals surface area contributed by atoms with Crippen LogP contribution in [0.25, 0.3) is 0 Å². The maximum absolute atomic E-state index is 12.6. The molecule has 1 heterocycles. The molecular weight excluding hydrogens is 340 g/mol. The lowest BCUT2D eigenvalue weighted by Crippen LogP contribution is -2.44. The first-order valence-corrected chi connectivity index (χ1v) is 8.84. The van der Waals surface area contributed by atoms with Crippen molar-refractivity contribution in [3.8, 4) is 5.75 Å². The van der Waals surface area contributed by atoms with E-state index in [0.717, 1.165) is 36.6 Å². The lowest BCUT2D eigenvalue weighted by molar-refractivity contribution is -0.131. The molecule has 25 heavy (non-hydrogen) atoms. The fourth-order valence-corrected chi connectivity index (χ4v) is 3.20. The van der Waals surface area contributed by atoms with Crippen molar-refractivity contribution in [1.29, 1.82) is 0 Å². The molecule has 1 aliphatic carbocycles. The second-order valence-corrected chi connectivity index (χ2v) is 6.82. The van der Waals surface area contributed by atoms with E-state index in [0.29, 0.717) is 19.6 Å². The van der Waals surface area contributed by atoms with Gasteiger partial charge in [-0.15, -0.1) is 12.4 Å². The zero-order valence-electron chi connectivity index (χ0n) is 14.7. The number of carbonyl (C=O) groups excluding carboxylic acids is 2. The molecule has 1 amide bonds. The Morgan fingerprint density at radius 1 is 1.12 bits per heavy atom. The maximum atomic E-state index is 12.6. The molecule has 0 radical (unpaired) electrons. The van der Waals surface area contributed by atoms with Crippen LogP contribution >= 0.6 is 12.4 Å². The summed E-state index contributed by atoms with van der Waals surface area (Å²) in [4.78, 5) is 26.6. The fraction of sp³-hybridized carbons (Fsp3) is 0.579. The van der Waals surface area contributed by atoms with Crippen molar-refractivity contribution in [2.75, 3.05) is 33.3 Å². The first-order chi connectivity index (χ1) is 11.7. The van der Waals surface area contributed by atoms with Gasteiger partial charge in [0.15, 0.2) is 5.78 Å². The monoisotopic (exact) mass is 366 g/mol. The van der Waals surface area contributed by atoms with Crippen molar-refractivity contribution in [1.82, 2.24) is 10.2 Å². The molecule has 1 N–H and O–H groups in total. The molecule has 2 aliphatic rings. The third-order valence-electron chi connectivity index (χ3n) is 5.00. The lowest BCUT2D eigenvalue weighted by Gasteiger charge is -2.31. The third-order valence-corrected chi connectivity index (χ3v) is 5.00. The van der Waals surface area contributed by atoms with Crippen LogP contribution in [-0.4, -0.2) is 49.9 Å². The molecule has 0 atom stereocenters. The molecule has 0 aromatic heterocycles. The minimum absolute atomic E-state index is 0. The smallest absolute Gasteiger partial charge is 0.236 e. The Hall–Kier alpha value is -1.59. The fourth-order valence-electron chi connectivity index (χ4n) is 3.20. The summed E-state index contributed by atoms with van der Waals surface area (Å²) < 4.78 is 5.12. The van der Waals surface area contributed by atoms with Crippen LogP contribution in [0.4, 0.5) is 0 Å². The van der Waals surface area contributed by atoms with Gasteiger partial charge in [-0.3, -0.25) is 9.59 Å². The molecule has 1 saturated heterocycles. The number of halogens is 1. The number of benzene rings is 1. The number of nitrogens with one attached hydrogen (secondary N) is 1. The minimum Gasteiger partial charge on any atom is -0.497 e. The molecule has 5 nitrogen and oxygen atoms in total. The second-order valence-electron chi connectivity index (χ2n) is 6.82. The number of Topliss-reactive ketones (excluding diaryl/α,β-unsaturated/α-hetero) is 1. The first kappa shape index (κ1) is 19.7. The van der Waals surface area contributed by atoms with E-state index in [2.05, 4.69) is 5.32 Å². The quantitative estimate of drug-likeness (QED) is 0.753. The molecule has 138 valence electrons. The summed E-state index contributed by atoms with van der Waals surface area (Å²) in [5.41, 5.74) is 0.728. The zero-order chi connectivity index (χ0) is 16.9. The summed E-state index contributed by atoms with van der Waals surface area (Å²) >= 11 is 0. The third kappa shape index (κ3) is 5.44. The van der Waals surface area contributed by atoms with Crippen LogP contribution in [0.5, 0.6) is 5.75 Å². The standard InChI is InChI=1S/C19H26N2O3.ClH/c1-24-17-6-4-15(5-7-17)19(23)16-8-10-21(11-9-16)18(22)13-20-12-14-2-3-14;/h4-7,14,16,20H,2-3,8-13H2,1H3;1H. The number of rotatable bonds is 7. The first-order valence-electron chi connectivity index (χ1n) is 8.84. The van der Waals surface area contributed by atoms with Gasteiger partial charge >= 0.3 is 0 Å². The van der Waals surface area contributed by atoms with Crippen molar-refractivity contribution in [3.05, 3.63) is 29.8 Å². The Morgan fingerprint density at radius 2 is 1.76 bits per heavy atom. The topological polar surface area (TPSA) is 58.6 Å². The van der Waals surface area contributed by atoms with Gasteiger partial charge in [-0.05, 0) is 62.4 Å². The predicted octanol–water partition coefficient (Wildman–Crippen LogP) is 2.54. The van der Waals surface area contributed by atoms with Crippen LogP contribution in [0, 0.1) is 11.8 Å². The van der Waals surface area contributed by atoms with Crippen molar-refractivity contribution in [2.24, 2.45) is 11.8 Å². The number of likely N-dealkylation sites (tertiary alicyclic amines) is 1. The number of hydrogen-bond acceptors (Lipinski definition) is 4. The van der Waals surface area contributed by atoms with Crippen LogP contribution in [-0.2, 0) is 4.79 Å². The summed E-state index contributed by atoms with van der Waals surface area (Å²) in [7, 11) is 1.61. The minimum atomic E-state index is 0. The number of hydrogen-bond donors (Lipinski definition) is 1. The molecular formula is C19H27ClN2O3. The highest BCUT2D eigenvalue weighted by molar-refractivity contribution is 5.98. The SMILES string of the molecule is COc1ccc(C(=O)C2CCN(C(=O)CNCC3CC3)CC2)cc1.Cl. The summed E-state index contributed by atoms with van der Waals surface area (Å²) in [5, 5.41) is 3.25. The lowest BCUT2D eigenvalue weighted by atomic mass is 9.89. The van der Waals surface area contributed by atoms with Crippen LogP contribution in [0.3, 0.4) is 0 Å². The van der Waals surface area contributed by atoms with Crippen molar-refractivity contribution in [3.63, 3.8) is 0 Å².